The van der Waals surface area contributed by atoms with Crippen LogP contribution < -0.4 is 5.73 Å². The van der Waals surface area contributed by atoms with Crippen LogP contribution in [0.5, 0.6) is 0 Å². The number of ketones is 1. The van der Waals surface area contributed by atoms with Gasteiger partial charge in [0.05, 0.1) is 15.6 Å². The highest BCUT2D eigenvalue weighted by molar-refractivity contribution is 6.44. The Balaban J connectivity index is 3.41. The van der Waals surface area contributed by atoms with Gasteiger partial charge in [0.15, 0.2) is 0 Å². The molecule has 0 radical (unpaired) electrons. The van der Waals surface area contributed by atoms with Gasteiger partial charge in [0.25, 0.3) is 0 Å². The van der Waals surface area contributed by atoms with Crippen LogP contribution in [0.15, 0.2) is 12.1 Å². The number of nitrogen functional groups attached to an aromatic ring is 1. The molecule has 0 bridgehead atoms. The van der Waals surface area contributed by atoms with Crippen LogP contribution in [0, 0.1) is 0 Å². The lowest BCUT2D eigenvalue weighted by Crippen LogP contribution is -2.49. The van der Waals surface area contributed by atoms with E-state index in [0.717, 1.165) is 6.07 Å². The van der Waals surface area contributed by atoms with Crippen molar-refractivity contribution in [2.75, 3.05) is 5.73 Å². The fourth-order valence-electron chi connectivity index (χ4n) is 1.17. The van der Waals surface area contributed by atoms with Gasteiger partial charge in [0, 0.05) is 5.69 Å². The molecule has 1 aromatic carbocycles. The Morgan fingerprint density at radius 3 is 2.28 bits per heavy atom. The summed E-state index contributed by atoms with van der Waals surface area (Å²) in [5, 5.41) is 8.72. The highest BCUT2D eigenvalue weighted by Crippen LogP contribution is 2.38. The predicted octanol–water partition coefficient (Wildman–Crippen LogP) is 3.07. The minimum atomic E-state index is -5.15. The van der Waals surface area contributed by atoms with Gasteiger partial charge >= 0.3 is 6.18 Å². The molecular weight excluding hydrogens is 294 g/mol. The molecule has 18 heavy (non-hydrogen) atoms. The monoisotopic (exact) mass is 301 g/mol. The fourth-order valence-corrected chi connectivity index (χ4v) is 1.58. The van der Waals surface area contributed by atoms with Gasteiger partial charge in [0.1, 0.15) is 0 Å². The summed E-state index contributed by atoms with van der Waals surface area (Å²) in [5.74, 6) is -1.65. The molecule has 0 aliphatic carbocycles. The van der Waals surface area contributed by atoms with Crippen LogP contribution >= 0.6 is 23.2 Å². The van der Waals surface area contributed by atoms with Gasteiger partial charge in [-0.3, -0.25) is 4.79 Å². The van der Waals surface area contributed by atoms with E-state index in [1.165, 1.54) is 6.07 Å². The third-order valence-electron chi connectivity index (χ3n) is 2.35. The van der Waals surface area contributed by atoms with Crippen LogP contribution in [0.4, 0.5) is 18.9 Å². The molecule has 0 saturated heterocycles. The summed E-state index contributed by atoms with van der Waals surface area (Å²) in [5.41, 5.74) is 0.861. The molecule has 0 fully saturated rings. The van der Waals surface area contributed by atoms with Gasteiger partial charge in [-0.25, -0.2) is 0 Å². The molecule has 0 amide bonds. The van der Waals surface area contributed by atoms with Crippen molar-refractivity contribution in [3.8, 4) is 0 Å². The van der Waals surface area contributed by atoms with Crippen LogP contribution in [0.1, 0.15) is 17.3 Å². The summed E-state index contributed by atoms with van der Waals surface area (Å²) >= 11 is 11.2. The van der Waals surface area contributed by atoms with E-state index < -0.39 is 28.1 Å². The van der Waals surface area contributed by atoms with Crippen LogP contribution in [0.2, 0.25) is 10.0 Å². The van der Waals surface area contributed by atoms with E-state index in [0.29, 0.717) is 6.92 Å². The number of halogens is 5. The maximum Gasteiger partial charge on any atom is 0.424 e. The second-order valence-corrected chi connectivity index (χ2v) is 4.51. The largest absolute Gasteiger partial charge is 0.424 e. The molecule has 0 aromatic heterocycles. The minimum absolute atomic E-state index is 0.132. The number of aliphatic hydroxyl groups is 1. The molecule has 0 aliphatic rings. The molecule has 3 N–H and O–H groups in total. The molecule has 0 saturated carbocycles. The van der Waals surface area contributed by atoms with Gasteiger partial charge in [-0.2, -0.15) is 13.2 Å². The lowest BCUT2D eigenvalue weighted by molar-refractivity contribution is -0.229. The van der Waals surface area contributed by atoms with Gasteiger partial charge in [-0.05, 0) is 19.1 Å². The molecule has 1 atom stereocenters. The van der Waals surface area contributed by atoms with Crippen molar-refractivity contribution in [1.29, 1.82) is 0 Å². The van der Waals surface area contributed by atoms with Gasteiger partial charge in [0.2, 0.25) is 11.4 Å². The fraction of sp³-hybridized carbons (Fsp3) is 0.300. The lowest BCUT2D eigenvalue weighted by atomic mass is 9.93. The molecule has 3 nitrogen and oxygen atoms in total. The Kier molecular flexibility index (Phi) is 3.86. The zero-order chi connectivity index (χ0) is 14.3. The predicted molar refractivity (Wildman–Crippen MR) is 61.9 cm³/mol. The Morgan fingerprint density at radius 2 is 1.83 bits per heavy atom. The Hall–Kier alpha value is -0.980. The first kappa shape index (κ1) is 15.1. The van der Waals surface area contributed by atoms with Crippen molar-refractivity contribution in [1.82, 2.24) is 0 Å². The van der Waals surface area contributed by atoms with Crippen molar-refractivity contribution in [2.24, 2.45) is 0 Å². The number of carbonyl (C=O) groups is 1. The lowest BCUT2D eigenvalue weighted by Gasteiger charge is -2.25. The molecule has 0 aliphatic heterocycles. The molecule has 100 valence electrons. The van der Waals surface area contributed by atoms with Crippen LogP contribution in [0.3, 0.4) is 0 Å². The number of hydrogen-bond acceptors (Lipinski definition) is 3. The normalized spacial score (nSPS) is 15.3. The van der Waals surface area contributed by atoms with E-state index in [1.54, 1.807) is 0 Å². The number of hydrogen-bond donors (Lipinski definition) is 2. The van der Waals surface area contributed by atoms with Crippen molar-refractivity contribution < 1.29 is 23.1 Å². The average molecular weight is 302 g/mol. The van der Waals surface area contributed by atoms with Gasteiger partial charge < -0.3 is 10.8 Å². The van der Waals surface area contributed by atoms with Crippen LogP contribution in [-0.2, 0) is 0 Å². The van der Waals surface area contributed by atoms with E-state index in [9.17, 15) is 23.1 Å². The zero-order valence-electron chi connectivity index (χ0n) is 8.98. The molecule has 1 unspecified atom stereocenters. The third kappa shape index (κ3) is 2.41. The first-order valence-electron chi connectivity index (χ1n) is 4.57. The zero-order valence-corrected chi connectivity index (χ0v) is 10.5. The minimum Gasteiger partial charge on any atom is -0.398 e. The average Bonchev–Trinajstić information content (AvgIpc) is 2.22. The van der Waals surface area contributed by atoms with Crippen LogP contribution in [-0.4, -0.2) is 22.7 Å². The van der Waals surface area contributed by atoms with Crippen molar-refractivity contribution in [3.05, 3.63) is 27.7 Å². The highest BCUT2D eigenvalue weighted by Gasteiger charge is 2.56. The maximum absolute atomic E-state index is 12.5. The highest BCUT2D eigenvalue weighted by atomic mass is 35.5. The summed E-state index contributed by atoms with van der Waals surface area (Å²) in [4.78, 5) is 11.7. The van der Waals surface area contributed by atoms with Crippen LogP contribution in [0.25, 0.3) is 0 Å². The first-order valence-corrected chi connectivity index (χ1v) is 5.33. The van der Waals surface area contributed by atoms with Crippen molar-refractivity contribution in [3.63, 3.8) is 0 Å². The Labute approximate surface area is 110 Å². The second kappa shape index (κ2) is 4.60. The quantitative estimate of drug-likeness (QED) is 0.652. The molecule has 1 rings (SSSR count). The Bertz CT molecular complexity index is 501. The summed E-state index contributed by atoms with van der Waals surface area (Å²) in [6.07, 6.45) is -5.15. The van der Waals surface area contributed by atoms with Crippen molar-refractivity contribution >= 4 is 34.7 Å². The number of carbonyl (C=O) groups excluding carboxylic acids is 1. The topological polar surface area (TPSA) is 63.3 Å². The number of rotatable bonds is 2. The number of Topliss-reactive ketones (excluding diaryl/α,β-unsaturated/α-hetero) is 1. The number of anilines is 1. The summed E-state index contributed by atoms with van der Waals surface area (Å²) in [7, 11) is 0. The van der Waals surface area contributed by atoms with E-state index >= 15 is 0 Å². The van der Waals surface area contributed by atoms with E-state index in [1.807, 2.05) is 0 Å². The summed E-state index contributed by atoms with van der Waals surface area (Å²) in [6, 6.07) is 2.37. The van der Waals surface area contributed by atoms with E-state index in [-0.39, 0.29) is 10.7 Å². The summed E-state index contributed by atoms with van der Waals surface area (Å²) in [6.45, 7) is 0.325. The third-order valence-corrected chi connectivity index (χ3v) is 3.15. The van der Waals surface area contributed by atoms with Gasteiger partial charge in [-0.15, -0.1) is 0 Å². The van der Waals surface area contributed by atoms with Gasteiger partial charge in [-0.1, -0.05) is 23.2 Å². The van der Waals surface area contributed by atoms with Crippen molar-refractivity contribution in [2.45, 2.75) is 18.7 Å². The number of benzene rings is 1. The molecule has 1 aromatic rings. The van der Waals surface area contributed by atoms with E-state index in [4.69, 9.17) is 28.9 Å². The Morgan fingerprint density at radius 1 is 1.33 bits per heavy atom. The summed E-state index contributed by atoms with van der Waals surface area (Å²) < 4.78 is 37.6. The van der Waals surface area contributed by atoms with E-state index in [2.05, 4.69) is 0 Å². The molecule has 0 spiro atoms. The SMILES string of the molecule is CC(O)(C(=O)c1c(N)ccc(Cl)c1Cl)C(F)(F)F. The maximum atomic E-state index is 12.5. The molecule has 0 heterocycles. The standard InChI is InChI=1S/C10H8Cl2F3NO2/c1-9(18,10(13,14)15)8(17)6-5(16)3-2-4(11)7(6)12/h2-3,18H,16H2,1H3. The first-order chi connectivity index (χ1) is 8.00. The molecule has 8 heteroatoms. The number of nitrogens with two attached hydrogens (primary N) is 1. The smallest absolute Gasteiger partial charge is 0.398 e. The molecular formula is C10H8Cl2F3NO2. The second-order valence-electron chi connectivity index (χ2n) is 3.72. The number of alkyl halides is 3.